The predicted octanol–water partition coefficient (Wildman–Crippen LogP) is 5.37. The van der Waals surface area contributed by atoms with E-state index in [1.54, 1.807) is 56.5 Å². The molecule has 0 unspecified atom stereocenters. The van der Waals surface area contributed by atoms with Crippen LogP contribution in [-0.2, 0) is 26.2 Å². The van der Waals surface area contributed by atoms with Crippen LogP contribution in [0.2, 0.25) is 0 Å². The monoisotopic (exact) mass is 591 g/mol. The summed E-state index contributed by atoms with van der Waals surface area (Å²) in [5, 5.41) is 3.13. The van der Waals surface area contributed by atoms with Crippen molar-refractivity contribution >= 4 is 27.5 Å². The predicted molar refractivity (Wildman–Crippen MR) is 165 cm³/mol. The zero-order valence-corrected chi connectivity index (χ0v) is 25.7. The number of sulfonamides is 1. The molecule has 0 saturated heterocycles. The minimum absolute atomic E-state index is 0.0804. The van der Waals surface area contributed by atoms with Gasteiger partial charge in [-0.3, -0.25) is 13.9 Å². The highest BCUT2D eigenvalue weighted by Crippen LogP contribution is 2.27. The van der Waals surface area contributed by atoms with Crippen molar-refractivity contribution in [3.63, 3.8) is 0 Å². The van der Waals surface area contributed by atoms with Gasteiger partial charge >= 0.3 is 0 Å². The number of hydrogen-bond donors (Lipinski definition) is 1. The van der Waals surface area contributed by atoms with Crippen LogP contribution in [0, 0.1) is 13.8 Å². The number of benzene rings is 3. The Hall–Kier alpha value is -3.85. The fourth-order valence-electron chi connectivity index (χ4n) is 5.42. The molecule has 224 valence electrons. The summed E-state index contributed by atoms with van der Waals surface area (Å²) in [6.07, 6.45) is 5.13. The molecule has 1 atom stereocenters. The molecule has 0 aromatic heterocycles. The van der Waals surface area contributed by atoms with E-state index in [1.807, 2.05) is 32.0 Å². The molecule has 8 nitrogen and oxygen atoms in total. The minimum Gasteiger partial charge on any atom is -0.497 e. The van der Waals surface area contributed by atoms with Gasteiger partial charge in [0.15, 0.2) is 0 Å². The lowest BCUT2D eigenvalue weighted by Gasteiger charge is -2.33. The second-order valence-corrected chi connectivity index (χ2v) is 12.9. The molecule has 4 rings (SSSR count). The molecule has 1 aliphatic rings. The third kappa shape index (κ3) is 7.70. The van der Waals surface area contributed by atoms with E-state index in [1.165, 1.54) is 17.0 Å². The third-order valence-corrected chi connectivity index (χ3v) is 9.52. The number of carbonyl (C=O) groups is 2. The Balaban J connectivity index is 1.69. The topological polar surface area (TPSA) is 96.0 Å². The number of methoxy groups -OCH3 is 1. The van der Waals surface area contributed by atoms with E-state index in [0.717, 1.165) is 53.1 Å². The van der Waals surface area contributed by atoms with Gasteiger partial charge in [0.2, 0.25) is 11.8 Å². The molecule has 1 aliphatic carbocycles. The molecule has 1 N–H and O–H groups in total. The quantitative estimate of drug-likeness (QED) is 0.323. The lowest BCUT2D eigenvalue weighted by Crippen LogP contribution is -2.53. The van der Waals surface area contributed by atoms with Crippen molar-refractivity contribution in [1.82, 2.24) is 10.2 Å². The first-order chi connectivity index (χ1) is 20.1. The SMILES string of the molecule is COc1ccc(CN(C(=O)CN(c2cc(C)cc(C)c2)S(=O)(=O)c2ccccc2)[C@@H](C)C(=O)NC2CCCCC2)cc1. The van der Waals surface area contributed by atoms with Gasteiger partial charge in [0, 0.05) is 12.6 Å². The van der Waals surface area contributed by atoms with E-state index in [9.17, 15) is 18.0 Å². The summed E-state index contributed by atoms with van der Waals surface area (Å²) in [6.45, 7) is 5.15. The van der Waals surface area contributed by atoms with Crippen molar-refractivity contribution in [1.29, 1.82) is 0 Å². The average Bonchev–Trinajstić information content (AvgIpc) is 2.98. The van der Waals surface area contributed by atoms with E-state index < -0.39 is 28.5 Å². The Kier molecular flexibility index (Phi) is 10.3. The number of nitrogens with one attached hydrogen (secondary N) is 1. The second kappa shape index (κ2) is 13.9. The minimum atomic E-state index is -4.10. The molecular weight excluding hydrogens is 550 g/mol. The summed E-state index contributed by atoms with van der Waals surface area (Å²) in [5.74, 6) is -0.0435. The van der Waals surface area contributed by atoms with Crippen LogP contribution in [0.15, 0.2) is 77.7 Å². The van der Waals surface area contributed by atoms with Gasteiger partial charge in [-0.05, 0) is 86.7 Å². The molecule has 9 heteroatoms. The third-order valence-electron chi connectivity index (χ3n) is 7.74. The molecule has 0 radical (unpaired) electrons. The second-order valence-electron chi connectivity index (χ2n) is 11.1. The van der Waals surface area contributed by atoms with E-state index in [2.05, 4.69) is 5.32 Å². The van der Waals surface area contributed by atoms with Gasteiger partial charge in [-0.25, -0.2) is 8.42 Å². The number of anilines is 1. The van der Waals surface area contributed by atoms with E-state index in [0.29, 0.717) is 11.4 Å². The number of rotatable bonds is 11. The van der Waals surface area contributed by atoms with Crippen molar-refractivity contribution < 1.29 is 22.7 Å². The maximum atomic E-state index is 14.2. The molecule has 1 fully saturated rings. The van der Waals surface area contributed by atoms with E-state index >= 15 is 0 Å². The standard InChI is InChI=1S/C33H41N3O5S/c1-24-19-25(2)21-29(20-24)36(42(39,40)31-13-9-6-10-14-31)23-32(37)35(22-27-15-17-30(41-4)18-16-27)26(3)33(38)34-28-11-7-5-8-12-28/h6,9-10,13-21,26,28H,5,7-8,11-12,22-23H2,1-4H3,(H,34,38)/t26-/m0/s1. The summed E-state index contributed by atoms with van der Waals surface area (Å²) < 4.78 is 34.4. The highest BCUT2D eigenvalue weighted by atomic mass is 32.2. The largest absolute Gasteiger partial charge is 0.497 e. The normalized spacial score (nSPS) is 14.6. The van der Waals surface area contributed by atoms with Crippen LogP contribution in [0.3, 0.4) is 0 Å². The molecule has 0 bridgehead atoms. The maximum Gasteiger partial charge on any atom is 0.264 e. The lowest BCUT2D eigenvalue weighted by molar-refractivity contribution is -0.139. The molecule has 2 amide bonds. The highest BCUT2D eigenvalue weighted by Gasteiger charge is 2.33. The Morgan fingerprint density at radius 2 is 1.55 bits per heavy atom. The maximum absolute atomic E-state index is 14.2. The Morgan fingerprint density at radius 3 is 2.14 bits per heavy atom. The van der Waals surface area contributed by atoms with Crippen LogP contribution in [0.5, 0.6) is 5.75 Å². The van der Waals surface area contributed by atoms with Crippen molar-refractivity contribution in [3.05, 3.63) is 89.5 Å². The number of aryl methyl sites for hydroxylation is 2. The summed E-state index contributed by atoms with van der Waals surface area (Å²) in [4.78, 5) is 29.2. The van der Waals surface area contributed by atoms with Gasteiger partial charge in [-0.2, -0.15) is 0 Å². The van der Waals surface area contributed by atoms with Crippen LogP contribution in [0.4, 0.5) is 5.69 Å². The zero-order valence-electron chi connectivity index (χ0n) is 24.9. The summed E-state index contributed by atoms with van der Waals surface area (Å²) in [6, 6.07) is 20.1. The zero-order chi connectivity index (χ0) is 30.3. The molecule has 1 saturated carbocycles. The number of hydrogen-bond acceptors (Lipinski definition) is 5. The van der Waals surface area contributed by atoms with E-state index in [-0.39, 0.29) is 23.4 Å². The molecule has 42 heavy (non-hydrogen) atoms. The molecule has 3 aromatic carbocycles. The van der Waals surface area contributed by atoms with Gasteiger partial charge in [-0.1, -0.05) is 55.7 Å². The fourth-order valence-corrected chi connectivity index (χ4v) is 6.84. The summed E-state index contributed by atoms with van der Waals surface area (Å²) in [7, 11) is -2.52. The van der Waals surface area contributed by atoms with Crippen LogP contribution in [0.25, 0.3) is 0 Å². The van der Waals surface area contributed by atoms with Gasteiger partial charge in [0.25, 0.3) is 10.0 Å². The van der Waals surface area contributed by atoms with E-state index in [4.69, 9.17) is 4.74 Å². The van der Waals surface area contributed by atoms with Crippen molar-refractivity contribution in [2.24, 2.45) is 0 Å². The summed E-state index contributed by atoms with van der Waals surface area (Å²) >= 11 is 0. The number of ether oxygens (including phenoxy) is 1. The molecular formula is C33H41N3O5S. The molecule has 0 spiro atoms. The Bertz CT molecular complexity index is 1450. The Morgan fingerprint density at radius 1 is 0.929 bits per heavy atom. The lowest BCUT2D eigenvalue weighted by atomic mass is 9.95. The van der Waals surface area contributed by atoms with Crippen molar-refractivity contribution in [3.8, 4) is 5.75 Å². The Labute approximate surface area is 249 Å². The highest BCUT2D eigenvalue weighted by molar-refractivity contribution is 7.92. The molecule has 3 aromatic rings. The van der Waals surface area contributed by atoms with Gasteiger partial charge < -0.3 is 15.0 Å². The first kappa shape index (κ1) is 31.1. The fraction of sp³-hybridized carbons (Fsp3) is 0.394. The van der Waals surface area contributed by atoms with Crippen molar-refractivity contribution in [2.45, 2.75) is 76.4 Å². The van der Waals surface area contributed by atoms with Crippen molar-refractivity contribution in [2.75, 3.05) is 18.0 Å². The first-order valence-corrected chi connectivity index (χ1v) is 15.9. The summed E-state index contributed by atoms with van der Waals surface area (Å²) in [5.41, 5.74) is 2.95. The van der Waals surface area contributed by atoms with Crippen LogP contribution >= 0.6 is 0 Å². The number of nitrogens with zero attached hydrogens (tertiary/aromatic N) is 2. The van der Waals surface area contributed by atoms with Gasteiger partial charge in [-0.15, -0.1) is 0 Å². The first-order valence-electron chi connectivity index (χ1n) is 14.5. The number of amides is 2. The molecule has 0 heterocycles. The van der Waals surface area contributed by atoms with Gasteiger partial charge in [0.1, 0.15) is 18.3 Å². The average molecular weight is 592 g/mol. The van der Waals surface area contributed by atoms with Gasteiger partial charge in [0.05, 0.1) is 17.7 Å². The van der Waals surface area contributed by atoms with Crippen LogP contribution in [-0.4, -0.2) is 50.9 Å². The molecule has 0 aliphatic heterocycles. The van der Waals surface area contributed by atoms with Crippen LogP contribution in [0.1, 0.15) is 55.7 Å². The number of carbonyl (C=O) groups excluding carboxylic acids is 2. The smallest absolute Gasteiger partial charge is 0.264 e. The van der Waals surface area contributed by atoms with Crippen LogP contribution < -0.4 is 14.4 Å².